The van der Waals surface area contributed by atoms with Crippen LogP contribution in [0.5, 0.6) is 5.75 Å². The molecule has 1 aromatic carbocycles. The molecule has 2 N–H and O–H groups in total. The molecule has 1 rings (SSSR count). The summed E-state index contributed by atoms with van der Waals surface area (Å²) >= 11 is 0. The van der Waals surface area contributed by atoms with E-state index in [2.05, 4.69) is 15.6 Å². The van der Waals surface area contributed by atoms with Crippen LogP contribution in [0.25, 0.3) is 0 Å². The van der Waals surface area contributed by atoms with E-state index in [1.807, 2.05) is 6.07 Å². The minimum absolute atomic E-state index is 0. The molecule has 0 aliphatic rings. The number of halogens is 4. The van der Waals surface area contributed by atoms with E-state index in [0.29, 0.717) is 12.3 Å². The number of hydrogen-bond donors (Lipinski definition) is 2. The molecule has 0 aliphatic heterocycles. The molecule has 6 nitrogen and oxygen atoms in total. The second kappa shape index (κ2) is 11.8. The van der Waals surface area contributed by atoms with Crippen molar-refractivity contribution in [2.75, 3.05) is 34.3 Å². The number of ether oxygens (including phenoxy) is 1. The van der Waals surface area contributed by atoms with Crippen LogP contribution in [0.1, 0.15) is 12.0 Å². The number of likely N-dealkylation sites (N-methyl/N-ethyl adjacent to an activating group) is 1. The molecule has 10 heteroatoms. The van der Waals surface area contributed by atoms with E-state index in [1.54, 1.807) is 32.3 Å². The number of amides is 1. The molecule has 0 atom stereocenters. The topological polar surface area (TPSA) is 66.0 Å². The second-order valence-corrected chi connectivity index (χ2v) is 5.44. The highest BCUT2D eigenvalue weighted by Gasteiger charge is 2.26. The summed E-state index contributed by atoms with van der Waals surface area (Å²) in [6, 6.07) is 7.07. The number of hydrogen-bond acceptors (Lipinski definition) is 3. The van der Waals surface area contributed by atoms with Gasteiger partial charge in [0.2, 0.25) is 0 Å². The Morgan fingerprint density at radius 3 is 2.54 bits per heavy atom. The van der Waals surface area contributed by atoms with Crippen molar-refractivity contribution in [1.29, 1.82) is 0 Å². The largest absolute Gasteiger partial charge is 0.484 e. The minimum atomic E-state index is -4.21. The molecule has 0 spiro atoms. The lowest BCUT2D eigenvalue weighted by atomic mass is 10.2. The van der Waals surface area contributed by atoms with Gasteiger partial charge in [-0.25, -0.2) is 0 Å². The Morgan fingerprint density at radius 1 is 1.27 bits per heavy atom. The van der Waals surface area contributed by atoms with Gasteiger partial charge in [-0.2, -0.15) is 13.2 Å². The number of guanidine groups is 1. The third-order valence-corrected chi connectivity index (χ3v) is 3.14. The van der Waals surface area contributed by atoms with Gasteiger partial charge in [-0.1, -0.05) is 12.1 Å². The van der Waals surface area contributed by atoms with Crippen LogP contribution >= 0.6 is 24.0 Å². The lowest BCUT2D eigenvalue weighted by Gasteiger charge is -2.14. The normalized spacial score (nSPS) is 11.4. The first-order valence-electron chi connectivity index (χ1n) is 7.64. The fraction of sp³-hybridized carbons (Fsp3) is 0.500. The number of rotatable bonds is 7. The van der Waals surface area contributed by atoms with E-state index in [-0.39, 0.29) is 49.0 Å². The maximum absolute atomic E-state index is 12.1. The number of nitrogens with one attached hydrogen (secondary N) is 2. The average molecular weight is 488 g/mol. The van der Waals surface area contributed by atoms with Crippen molar-refractivity contribution in [1.82, 2.24) is 15.5 Å². The Kier molecular flexibility index (Phi) is 11.0. The summed E-state index contributed by atoms with van der Waals surface area (Å²) in [6.07, 6.45) is -5.14. The summed E-state index contributed by atoms with van der Waals surface area (Å²) in [5, 5.41) is 5.52. The maximum Gasteiger partial charge on any atom is 0.390 e. The summed E-state index contributed by atoms with van der Waals surface area (Å²) in [7, 11) is 4.77. The standard InChI is InChI=1S/C16H23F3N4O2.HI/c1-20-15(21-8-7-16(17,18)19)22-10-12-5-4-6-13(9-12)25-11-14(24)23(2)3;/h4-6,9H,7-8,10-11H2,1-3H3,(H2,20,21,22);1H. The van der Waals surface area contributed by atoms with E-state index in [0.717, 1.165) is 5.56 Å². The summed E-state index contributed by atoms with van der Waals surface area (Å²) in [5.74, 6) is 0.658. The molecule has 1 amide bonds. The number of nitrogens with zero attached hydrogens (tertiary/aromatic N) is 2. The molecular weight excluding hydrogens is 464 g/mol. The van der Waals surface area contributed by atoms with E-state index in [1.165, 1.54) is 11.9 Å². The Morgan fingerprint density at radius 2 is 1.96 bits per heavy atom. The van der Waals surface area contributed by atoms with Gasteiger partial charge in [0.15, 0.2) is 12.6 Å². The number of benzene rings is 1. The van der Waals surface area contributed by atoms with E-state index < -0.39 is 12.6 Å². The molecule has 1 aromatic rings. The van der Waals surface area contributed by atoms with Gasteiger partial charge in [-0.3, -0.25) is 9.79 Å². The maximum atomic E-state index is 12.1. The Labute approximate surface area is 168 Å². The van der Waals surface area contributed by atoms with E-state index >= 15 is 0 Å². The van der Waals surface area contributed by atoms with Crippen molar-refractivity contribution < 1.29 is 22.7 Å². The SMILES string of the molecule is CN=C(NCCC(F)(F)F)NCc1cccc(OCC(=O)N(C)C)c1.I. The summed E-state index contributed by atoms with van der Waals surface area (Å²) in [5.41, 5.74) is 0.841. The average Bonchev–Trinajstić information content (AvgIpc) is 2.55. The summed E-state index contributed by atoms with van der Waals surface area (Å²) < 4.78 is 41.8. The third-order valence-electron chi connectivity index (χ3n) is 3.14. The Bertz CT molecular complexity index is 595. The number of carbonyl (C=O) groups is 1. The third kappa shape index (κ3) is 10.3. The van der Waals surface area contributed by atoms with Gasteiger partial charge in [0, 0.05) is 34.2 Å². The zero-order chi connectivity index (χ0) is 18.9. The molecule has 0 saturated carbocycles. The lowest BCUT2D eigenvalue weighted by Crippen LogP contribution is -2.38. The lowest BCUT2D eigenvalue weighted by molar-refractivity contribution is -0.133. The fourth-order valence-electron chi connectivity index (χ4n) is 1.75. The van der Waals surface area contributed by atoms with Crippen LogP contribution in [-0.4, -0.2) is 57.2 Å². The van der Waals surface area contributed by atoms with Crippen LogP contribution in [0.4, 0.5) is 13.2 Å². The Hall–Kier alpha value is -1.72. The van der Waals surface area contributed by atoms with Crippen LogP contribution in [0.15, 0.2) is 29.3 Å². The molecule has 0 bridgehead atoms. The predicted octanol–water partition coefficient (Wildman–Crippen LogP) is 2.39. The highest BCUT2D eigenvalue weighted by atomic mass is 127. The fourth-order valence-corrected chi connectivity index (χ4v) is 1.75. The monoisotopic (exact) mass is 488 g/mol. The minimum Gasteiger partial charge on any atom is -0.484 e. The van der Waals surface area contributed by atoms with Crippen LogP contribution < -0.4 is 15.4 Å². The summed E-state index contributed by atoms with van der Waals surface area (Å²) in [6.45, 7) is 0.0358. The smallest absolute Gasteiger partial charge is 0.390 e. The first-order chi connectivity index (χ1) is 11.7. The van der Waals surface area contributed by atoms with Crippen LogP contribution in [0.3, 0.4) is 0 Å². The zero-order valence-electron chi connectivity index (χ0n) is 14.9. The van der Waals surface area contributed by atoms with Crippen molar-refractivity contribution >= 4 is 35.8 Å². The molecule has 0 saturated heterocycles. The zero-order valence-corrected chi connectivity index (χ0v) is 17.2. The van der Waals surface area contributed by atoms with Gasteiger partial charge in [-0.15, -0.1) is 24.0 Å². The van der Waals surface area contributed by atoms with Gasteiger partial charge < -0.3 is 20.3 Å². The number of alkyl halides is 3. The Balaban J connectivity index is 0.00000625. The molecule has 0 aliphatic carbocycles. The molecule has 0 fully saturated rings. The molecular formula is C16H24F3IN4O2. The number of aliphatic imine (C=N–C) groups is 1. The molecule has 0 aromatic heterocycles. The van der Waals surface area contributed by atoms with Gasteiger partial charge >= 0.3 is 6.18 Å². The molecule has 0 heterocycles. The first kappa shape index (κ1) is 24.3. The predicted molar refractivity (Wildman–Crippen MR) is 105 cm³/mol. The second-order valence-electron chi connectivity index (χ2n) is 5.44. The molecule has 26 heavy (non-hydrogen) atoms. The van der Waals surface area contributed by atoms with Crippen molar-refractivity contribution in [3.05, 3.63) is 29.8 Å². The molecule has 0 unspecified atom stereocenters. The molecule has 148 valence electrons. The van der Waals surface area contributed by atoms with Gasteiger partial charge in [0.1, 0.15) is 5.75 Å². The van der Waals surface area contributed by atoms with Crippen LogP contribution in [0, 0.1) is 0 Å². The van der Waals surface area contributed by atoms with Crippen LogP contribution in [-0.2, 0) is 11.3 Å². The highest BCUT2D eigenvalue weighted by Crippen LogP contribution is 2.18. The van der Waals surface area contributed by atoms with Crippen molar-refractivity contribution in [2.24, 2.45) is 4.99 Å². The van der Waals surface area contributed by atoms with Gasteiger partial charge in [-0.05, 0) is 17.7 Å². The highest BCUT2D eigenvalue weighted by molar-refractivity contribution is 14.0. The van der Waals surface area contributed by atoms with Crippen molar-refractivity contribution in [3.8, 4) is 5.75 Å². The van der Waals surface area contributed by atoms with E-state index in [4.69, 9.17) is 4.74 Å². The van der Waals surface area contributed by atoms with Gasteiger partial charge in [0.25, 0.3) is 5.91 Å². The first-order valence-corrected chi connectivity index (χ1v) is 7.64. The number of carbonyl (C=O) groups excluding carboxylic acids is 1. The quantitative estimate of drug-likeness (QED) is 0.352. The molecule has 0 radical (unpaired) electrons. The summed E-state index contributed by atoms with van der Waals surface area (Å²) in [4.78, 5) is 16.8. The van der Waals surface area contributed by atoms with Crippen molar-refractivity contribution in [3.63, 3.8) is 0 Å². The van der Waals surface area contributed by atoms with Crippen molar-refractivity contribution in [2.45, 2.75) is 19.1 Å². The van der Waals surface area contributed by atoms with E-state index in [9.17, 15) is 18.0 Å². The van der Waals surface area contributed by atoms with Gasteiger partial charge in [0.05, 0.1) is 6.42 Å². The van der Waals surface area contributed by atoms with Crippen LogP contribution in [0.2, 0.25) is 0 Å².